The van der Waals surface area contributed by atoms with Gasteiger partial charge >= 0.3 is 0 Å². The minimum atomic E-state index is -0.0517. The minimum Gasteiger partial charge on any atom is -0.370 e. The summed E-state index contributed by atoms with van der Waals surface area (Å²) in [7, 11) is 4.10. The number of likely N-dealkylation sites (N-methyl/N-ethyl adjacent to an activating group) is 2. The zero-order chi connectivity index (χ0) is 14.8. The van der Waals surface area contributed by atoms with E-state index >= 15 is 0 Å². The Labute approximate surface area is 121 Å². The third-order valence-corrected chi connectivity index (χ3v) is 3.83. The van der Waals surface area contributed by atoms with Crippen LogP contribution in [0.3, 0.4) is 0 Å². The maximum atomic E-state index is 12.0. The van der Waals surface area contributed by atoms with Crippen LogP contribution in [0.4, 0.5) is 5.69 Å². The smallest absolute Gasteiger partial charge is 0.220 e. The van der Waals surface area contributed by atoms with Crippen molar-refractivity contribution in [1.82, 2.24) is 4.90 Å². The van der Waals surface area contributed by atoms with Gasteiger partial charge in [0.2, 0.25) is 5.43 Å². The van der Waals surface area contributed by atoms with Crippen molar-refractivity contribution in [2.45, 2.75) is 39.5 Å². The fourth-order valence-electron chi connectivity index (χ4n) is 2.37. The third-order valence-electron chi connectivity index (χ3n) is 3.44. The summed E-state index contributed by atoms with van der Waals surface area (Å²) < 4.78 is 0.524. The topological polar surface area (TPSA) is 23.6 Å². The summed E-state index contributed by atoms with van der Waals surface area (Å²) >= 11 is 5.20. The SMILES string of the molecule is CCCN(C)CCN(C)c1c(C(C)(C)C)c(=S)c1=O. The third kappa shape index (κ3) is 3.63. The van der Waals surface area contributed by atoms with Crippen molar-refractivity contribution in [1.29, 1.82) is 0 Å². The first-order valence-electron chi connectivity index (χ1n) is 6.93. The molecule has 0 aliphatic rings. The molecule has 3 nitrogen and oxygen atoms in total. The lowest BCUT2D eigenvalue weighted by atomic mass is 9.82. The largest absolute Gasteiger partial charge is 0.370 e. The van der Waals surface area contributed by atoms with Gasteiger partial charge in [0.15, 0.2) is 0 Å². The summed E-state index contributed by atoms with van der Waals surface area (Å²) in [5, 5.41) is 0. The minimum absolute atomic E-state index is 0.0422. The second-order valence-electron chi connectivity index (χ2n) is 6.36. The van der Waals surface area contributed by atoms with E-state index in [2.05, 4.69) is 44.5 Å². The first kappa shape index (κ1) is 16.3. The van der Waals surface area contributed by atoms with Gasteiger partial charge in [0.1, 0.15) is 0 Å². The fourth-order valence-corrected chi connectivity index (χ4v) is 2.87. The van der Waals surface area contributed by atoms with Gasteiger partial charge in [-0.3, -0.25) is 4.79 Å². The summed E-state index contributed by atoms with van der Waals surface area (Å²) in [6.45, 7) is 11.4. The van der Waals surface area contributed by atoms with Crippen LogP contribution in [-0.4, -0.2) is 38.6 Å². The normalized spacial score (nSPS) is 12.4. The highest BCUT2D eigenvalue weighted by atomic mass is 32.1. The molecule has 0 saturated heterocycles. The van der Waals surface area contributed by atoms with Gasteiger partial charge in [0.05, 0.1) is 10.2 Å². The van der Waals surface area contributed by atoms with E-state index in [4.69, 9.17) is 12.2 Å². The second-order valence-corrected chi connectivity index (χ2v) is 6.76. The lowest BCUT2D eigenvalue weighted by Crippen LogP contribution is -2.38. The molecule has 4 heteroatoms. The predicted molar refractivity (Wildman–Crippen MR) is 85.7 cm³/mol. The second kappa shape index (κ2) is 6.14. The Morgan fingerprint density at radius 3 is 2.16 bits per heavy atom. The van der Waals surface area contributed by atoms with Gasteiger partial charge in [-0.15, -0.1) is 0 Å². The Morgan fingerprint density at radius 1 is 1.11 bits per heavy atom. The van der Waals surface area contributed by atoms with Gasteiger partial charge in [-0.05, 0) is 25.4 Å². The Bertz CT molecular complexity index is 495. The highest BCUT2D eigenvalue weighted by Crippen LogP contribution is 2.32. The van der Waals surface area contributed by atoms with Crippen LogP contribution < -0.4 is 10.3 Å². The molecule has 0 heterocycles. The lowest BCUT2D eigenvalue weighted by Gasteiger charge is -2.31. The molecule has 0 fully saturated rings. The molecule has 1 aromatic rings. The molecule has 0 aromatic heterocycles. The maximum absolute atomic E-state index is 12.0. The summed E-state index contributed by atoms with van der Waals surface area (Å²) in [4.78, 5) is 16.3. The van der Waals surface area contributed by atoms with E-state index in [1.54, 1.807) is 0 Å². The number of anilines is 1. The molecule has 0 radical (unpaired) electrons. The van der Waals surface area contributed by atoms with Crippen LogP contribution in [0.25, 0.3) is 0 Å². The molecule has 0 aliphatic carbocycles. The molecule has 0 atom stereocenters. The zero-order valence-electron chi connectivity index (χ0n) is 13.0. The lowest BCUT2D eigenvalue weighted by molar-refractivity contribution is 0.342. The van der Waals surface area contributed by atoms with Crippen LogP contribution in [0.15, 0.2) is 4.79 Å². The summed E-state index contributed by atoms with van der Waals surface area (Å²) in [6, 6.07) is 0. The molecule has 0 N–H and O–H groups in total. The van der Waals surface area contributed by atoms with E-state index in [0.29, 0.717) is 4.51 Å². The van der Waals surface area contributed by atoms with Crippen molar-refractivity contribution in [2.75, 3.05) is 38.6 Å². The first-order chi connectivity index (χ1) is 8.70. The van der Waals surface area contributed by atoms with E-state index in [0.717, 1.165) is 37.3 Å². The van der Waals surface area contributed by atoms with Crippen LogP contribution in [0.1, 0.15) is 39.7 Å². The van der Waals surface area contributed by atoms with Crippen LogP contribution >= 0.6 is 12.2 Å². The molecule has 1 rings (SSSR count). The number of nitrogens with zero attached hydrogens (tertiary/aromatic N) is 2. The van der Waals surface area contributed by atoms with E-state index in [-0.39, 0.29) is 10.8 Å². The maximum Gasteiger partial charge on any atom is 0.220 e. The van der Waals surface area contributed by atoms with Gasteiger partial charge in [0, 0.05) is 25.7 Å². The highest BCUT2D eigenvalue weighted by Gasteiger charge is 2.29. The molecule has 19 heavy (non-hydrogen) atoms. The molecule has 0 amide bonds. The Balaban J connectivity index is 2.79. The monoisotopic (exact) mass is 282 g/mol. The van der Waals surface area contributed by atoms with Crippen LogP contribution in [0.5, 0.6) is 0 Å². The number of hydrogen-bond acceptors (Lipinski definition) is 4. The van der Waals surface area contributed by atoms with Crippen molar-refractivity contribution in [2.24, 2.45) is 0 Å². The van der Waals surface area contributed by atoms with Gasteiger partial charge in [-0.2, -0.15) is 0 Å². The van der Waals surface area contributed by atoms with Gasteiger partial charge in [-0.1, -0.05) is 39.9 Å². The van der Waals surface area contributed by atoms with Crippen molar-refractivity contribution in [3.8, 4) is 0 Å². The van der Waals surface area contributed by atoms with Crippen molar-refractivity contribution >= 4 is 17.9 Å². The predicted octanol–water partition coefficient (Wildman–Crippen LogP) is 2.73. The molecule has 0 bridgehead atoms. The number of hydrogen-bond donors (Lipinski definition) is 0. The molecule has 108 valence electrons. The van der Waals surface area contributed by atoms with Gasteiger partial charge in [0.25, 0.3) is 0 Å². The van der Waals surface area contributed by atoms with Crippen molar-refractivity contribution in [3.63, 3.8) is 0 Å². The van der Waals surface area contributed by atoms with Gasteiger partial charge in [-0.25, -0.2) is 0 Å². The summed E-state index contributed by atoms with van der Waals surface area (Å²) in [5.74, 6) is 0. The summed E-state index contributed by atoms with van der Waals surface area (Å²) in [5.41, 5.74) is 1.86. The van der Waals surface area contributed by atoms with E-state index in [1.165, 1.54) is 0 Å². The number of rotatable bonds is 6. The molecule has 1 aromatic carbocycles. The van der Waals surface area contributed by atoms with Crippen molar-refractivity contribution < 1.29 is 0 Å². The quantitative estimate of drug-likeness (QED) is 0.749. The van der Waals surface area contributed by atoms with Crippen LogP contribution in [0.2, 0.25) is 0 Å². The average molecular weight is 282 g/mol. The van der Waals surface area contributed by atoms with Crippen molar-refractivity contribution in [3.05, 3.63) is 20.3 Å². The Kier molecular flexibility index (Phi) is 5.27. The molecule has 0 saturated carbocycles. The summed E-state index contributed by atoms with van der Waals surface area (Å²) in [6.07, 6.45) is 1.15. The van der Waals surface area contributed by atoms with E-state index in [1.807, 2.05) is 7.05 Å². The standard InChI is InChI=1S/C15H26N2OS/c1-7-8-16(5)9-10-17(6)12-11(15(2,3)4)14(19)13(12)18/h7-10H2,1-6H3. The molecule has 0 spiro atoms. The molecular weight excluding hydrogens is 256 g/mol. The van der Waals surface area contributed by atoms with Crippen LogP contribution in [0, 0.1) is 4.51 Å². The fraction of sp³-hybridized carbons (Fsp3) is 0.733. The average Bonchev–Trinajstić information content (AvgIpc) is 2.30. The molecule has 0 aliphatic heterocycles. The zero-order valence-corrected chi connectivity index (χ0v) is 13.9. The van der Waals surface area contributed by atoms with Crippen LogP contribution in [-0.2, 0) is 5.41 Å². The van der Waals surface area contributed by atoms with Gasteiger partial charge < -0.3 is 9.80 Å². The molecule has 0 unspecified atom stereocenters. The Hall–Kier alpha value is -0.740. The van der Waals surface area contributed by atoms with E-state index < -0.39 is 0 Å². The Morgan fingerprint density at radius 2 is 1.68 bits per heavy atom. The highest BCUT2D eigenvalue weighted by molar-refractivity contribution is 7.71. The van der Waals surface area contributed by atoms with E-state index in [9.17, 15) is 4.79 Å². The molecular formula is C15H26N2OS. The first-order valence-corrected chi connectivity index (χ1v) is 7.34.